The largest absolute Gasteiger partial charge is 0.492 e. The zero-order chi connectivity index (χ0) is 20.6. The molecular formula is C21H19FN2O4S. The van der Waals surface area contributed by atoms with Crippen molar-refractivity contribution in [3.05, 3.63) is 71.0 Å². The van der Waals surface area contributed by atoms with Gasteiger partial charge in [0.05, 0.1) is 6.54 Å². The summed E-state index contributed by atoms with van der Waals surface area (Å²) in [6, 6.07) is 13.4. The third-order valence-electron chi connectivity index (χ3n) is 3.82. The molecule has 0 spiro atoms. The number of nitrogens with one attached hydrogen (secondary N) is 1. The molecule has 0 atom stereocenters. The van der Waals surface area contributed by atoms with Crippen molar-refractivity contribution < 1.29 is 23.5 Å². The average Bonchev–Trinajstić information content (AvgIpc) is 3.20. The van der Waals surface area contributed by atoms with E-state index in [2.05, 4.69) is 10.3 Å². The van der Waals surface area contributed by atoms with Crippen molar-refractivity contribution in [2.75, 3.05) is 19.8 Å². The molecule has 3 aromatic rings. The maximum Gasteiger partial charge on any atom is 0.358 e. The molecule has 29 heavy (non-hydrogen) atoms. The molecule has 8 heteroatoms. The lowest BCUT2D eigenvalue weighted by atomic mass is 10.2. The molecular weight excluding hydrogens is 395 g/mol. The van der Waals surface area contributed by atoms with Gasteiger partial charge >= 0.3 is 5.97 Å². The van der Waals surface area contributed by atoms with Gasteiger partial charge in [-0.15, -0.1) is 11.3 Å². The highest BCUT2D eigenvalue weighted by molar-refractivity contribution is 7.13. The molecule has 0 aliphatic carbocycles. The molecule has 0 aliphatic rings. The minimum Gasteiger partial charge on any atom is -0.492 e. The van der Waals surface area contributed by atoms with Crippen molar-refractivity contribution in [2.24, 2.45) is 0 Å². The maximum atomic E-state index is 13.0. The minimum atomic E-state index is -0.694. The molecule has 0 bridgehead atoms. The third-order valence-corrected chi connectivity index (χ3v) is 4.71. The van der Waals surface area contributed by atoms with E-state index in [4.69, 9.17) is 9.47 Å². The fourth-order valence-electron chi connectivity index (χ4n) is 2.41. The monoisotopic (exact) mass is 414 g/mol. The quantitative estimate of drug-likeness (QED) is 0.450. The SMILES string of the molecule is Cc1cccc(OCCNC(=O)COC(=O)c2csc(-c3ccc(F)cc3)n2)c1. The van der Waals surface area contributed by atoms with Gasteiger partial charge in [0.15, 0.2) is 12.3 Å². The number of aromatic nitrogens is 1. The third kappa shape index (κ3) is 6.11. The molecule has 150 valence electrons. The van der Waals surface area contributed by atoms with Gasteiger partial charge in [0.2, 0.25) is 0 Å². The van der Waals surface area contributed by atoms with Crippen molar-refractivity contribution in [3.8, 4) is 16.3 Å². The number of rotatable bonds is 8. The van der Waals surface area contributed by atoms with Crippen LogP contribution in [0.3, 0.4) is 0 Å². The summed E-state index contributed by atoms with van der Waals surface area (Å²) in [5.41, 5.74) is 1.88. The van der Waals surface area contributed by atoms with Crippen molar-refractivity contribution in [2.45, 2.75) is 6.92 Å². The first-order valence-electron chi connectivity index (χ1n) is 8.86. The number of amides is 1. The molecule has 1 amide bonds. The van der Waals surface area contributed by atoms with E-state index >= 15 is 0 Å². The number of halogens is 1. The fourth-order valence-corrected chi connectivity index (χ4v) is 3.21. The Morgan fingerprint density at radius 1 is 1.17 bits per heavy atom. The summed E-state index contributed by atoms with van der Waals surface area (Å²) in [4.78, 5) is 28.0. The molecule has 1 heterocycles. The molecule has 0 saturated heterocycles. The first kappa shape index (κ1) is 20.5. The Morgan fingerprint density at radius 2 is 1.97 bits per heavy atom. The summed E-state index contributed by atoms with van der Waals surface area (Å²) in [6.45, 7) is 2.15. The Kier molecular flexibility index (Phi) is 6.91. The van der Waals surface area contributed by atoms with E-state index in [9.17, 15) is 14.0 Å². The normalized spacial score (nSPS) is 10.4. The molecule has 0 radical (unpaired) electrons. The van der Waals surface area contributed by atoms with Crippen molar-refractivity contribution in [3.63, 3.8) is 0 Å². The number of carbonyl (C=O) groups is 2. The van der Waals surface area contributed by atoms with Crippen LogP contribution in [0, 0.1) is 12.7 Å². The van der Waals surface area contributed by atoms with Gasteiger partial charge in [-0.25, -0.2) is 14.2 Å². The van der Waals surface area contributed by atoms with Gasteiger partial charge < -0.3 is 14.8 Å². The lowest BCUT2D eigenvalue weighted by molar-refractivity contribution is -0.124. The number of nitrogens with zero attached hydrogens (tertiary/aromatic N) is 1. The van der Waals surface area contributed by atoms with Crippen LogP contribution in [0.4, 0.5) is 4.39 Å². The van der Waals surface area contributed by atoms with E-state index in [1.807, 2.05) is 31.2 Å². The maximum absolute atomic E-state index is 13.0. The van der Waals surface area contributed by atoms with E-state index in [-0.39, 0.29) is 18.1 Å². The molecule has 2 aromatic carbocycles. The first-order valence-corrected chi connectivity index (χ1v) is 9.74. The van der Waals surface area contributed by atoms with Crippen molar-refractivity contribution in [1.82, 2.24) is 10.3 Å². The molecule has 0 aliphatic heterocycles. The highest BCUT2D eigenvalue weighted by Crippen LogP contribution is 2.24. The summed E-state index contributed by atoms with van der Waals surface area (Å²) in [6.07, 6.45) is 0. The lowest BCUT2D eigenvalue weighted by Gasteiger charge is -2.08. The second-order valence-corrected chi connectivity index (χ2v) is 6.99. The van der Waals surface area contributed by atoms with Gasteiger partial charge in [0.25, 0.3) is 5.91 Å². The Bertz CT molecular complexity index is 988. The van der Waals surface area contributed by atoms with Gasteiger partial charge in [0, 0.05) is 10.9 Å². The fraction of sp³-hybridized carbons (Fsp3) is 0.190. The van der Waals surface area contributed by atoms with E-state index < -0.39 is 18.5 Å². The summed E-state index contributed by atoms with van der Waals surface area (Å²) in [5, 5.41) is 4.72. The molecule has 3 rings (SSSR count). The summed E-state index contributed by atoms with van der Waals surface area (Å²) >= 11 is 1.24. The van der Waals surface area contributed by atoms with E-state index in [1.54, 1.807) is 12.1 Å². The first-order chi connectivity index (χ1) is 14.0. The molecule has 1 N–H and O–H groups in total. The van der Waals surface area contributed by atoms with Gasteiger partial charge in [-0.2, -0.15) is 0 Å². The van der Waals surface area contributed by atoms with Crippen molar-refractivity contribution in [1.29, 1.82) is 0 Å². The zero-order valence-electron chi connectivity index (χ0n) is 15.7. The van der Waals surface area contributed by atoms with Gasteiger partial charge in [0.1, 0.15) is 23.2 Å². The standard InChI is InChI=1S/C21H19FN2O4S/c1-14-3-2-4-17(11-14)27-10-9-23-19(25)12-28-21(26)18-13-29-20(24-18)15-5-7-16(22)8-6-15/h2-8,11,13H,9-10,12H2,1H3,(H,23,25). The van der Waals surface area contributed by atoms with E-state index in [1.165, 1.54) is 28.8 Å². The summed E-state index contributed by atoms with van der Waals surface area (Å²) in [7, 11) is 0. The Hall–Kier alpha value is -3.26. The molecule has 6 nitrogen and oxygen atoms in total. The van der Waals surface area contributed by atoms with Gasteiger partial charge in [-0.3, -0.25) is 4.79 Å². The van der Waals surface area contributed by atoms with Gasteiger partial charge in [-0.1, -0.05) is 12.1 Å². The number of hydrogen-bond donors (Lipinski definition) is 1. The van der Waals surface area contributed by atoms with Crippen molar-refractivity contribution >= 4 is 23.2 Å². The predicted octanol–water partition coefficient (Wildman–Crippen LogP) is 3.61. The van der Waals surface area contributed by atoms with Gasteiger partial charge in [-0.05, 0) is 48.9 Å². The van der Waals surface area contributed by atoms with Crippen LogP contribution in [0.1, 0.15) is 16.1 Å². The number of esters is 1. The topological polar surface area (TPSA) is 77.5 Å². The van der Waals surface area contributed by atoms with Crippen LogP contribution < -0.4 is 10.1 Å². The smallest absolute Gasteiger partial charge is 0.358 e. The number of hydrogen-bond acceptors (Lipinski definition) is 6. The van der Waals surface area contributed by atoms with Crippen LogP contribution in [0.15, 0.2) is 53.9 Å². The number of benzene rings is 2. The molecule has 0 fully saturated rings. The van der Waals surface area contributed by atoms with Crippen LogP contribution in [0.2, 0.25) is 0 Å². The van der Waals surface area contributed by atoms with E-state index in [0.29, 0.717) is 17.2 Å². The molecule has 1 aromatic heterocycles. The zero-order valence-corrected chi connectivity index (χ0v) is 16.5. The summed E-state index contributed by atoms with van der Waals surface area (Å²) < 4.78 is 23.5. The van der Waals surface area contributed by atoms with Crippen LogP contribution in [0.5, 0.6) is 5.75 Å². The Labute approximate surface area is 171 Å². The second kappa shape index (κ2) is 9.79. The van der Waals surface area contributed by atoms with Crippen LogP contribution in [-0.4, -0.2) is 36.6 Å². The Morgan fingerprint density at radius 3 is 2.72 bits per heavy atom. The highest BCUT2D eigenvalue weighted by Gasteiger charge is 2.15. The minimum absolute atomic E-state index is 0.102. The van der Waals surface area contributed by atoms with E-state index in [0.717, 1.165) is 11.3 Å². The number of thiazole rings is 1. The molecule has 0 saturated carbocycles. The van der Waals surface area contributed by atoms with Crippen LogP contribution in [-0.2, 0) is 9.53 Å². The molecule has 0 unspecified atom stereocenters. The van der Waals surface area contributed by atoms with Crippen LogP contribution >= 0.6 is 11.3 Å². The lowest BCUT2D eigenvalue weighted by Crippen LogP contribution is -2.32. The summed E-state index contributed by atoms with van der Waals surface area (Å²) in [5.74, 6) is -0.743. The number of ether oxygens (including phenoxy) is 2. The average molecular weight is 414 g/mol. The number of carbonyl (C=O) groups excluding carboxylic acids is 2. The highest BCUT2D eigenvalue weighted by atomic mass is 32.1. The Balaban J connectivity index is 1.40. The second-order valence-electron chi connectivity index (χ2n) is 6.14. The van der Waals surface area contributed by atoms with Crippen LogP contribution in [0.25, 0.3) is 10.6 Å². The number of aryl methyl sites for hydroxylation is 1. The predicted molar refractivity (Wildman–Crippen MR) is 107 cm³/mol.